The predicted octanol–water partition coefficient (Wildman–Crippen LogP) is 2.56. The number of benzene rings is 2. The molecule has 28 heavy (non-hydrogen) atoms. The molecule has 0 aliphatic carbocycles. The minimum atomic E-state index is -0.797. The third kappa shape index (κ3) is 6.75. The molecule has 0 saturated heterocycles. The molecule has 0 saturated carbocycles. The van der Waals surface area contributed by atoms with Crippen molar-refractivity contribution in [3.05, 3.63) is 65.7 Å². The van der Waals surface area contributed by atoms with Crippen LogP contribution in [-0.2, 0) is 16.0 Å². The Labute approximate surface area is 165 Å². The normalized spacial score (nSPS) is 11.7. The van der Waals surface area contributed by atoms with E-state index in [1.165, 1.54) is 0 Å². The van der Waals surface area contributed by atoms with Crippen molar-refractivity contribution in [3.8, 4) is 0 Å². The summed E-state index contributed by atoms with van der Waals surface area (Å²) in [6.45, 7) is 1.93. The second-order valence-corrected chi connectivity index (χ2v) is 6.33. The van der Waals surface area contributed by atoms with Gasteiger partial charge in [-0.1, -0.05) is 42.5 Å². The van der Waals surface area contributed by atoms with E-state index in [0.29, 0.717) is 6.42 Å². The highest BCUT2D eigenvalue weighted by atomic mass is 16.5. The van der Waals surface area contributed by atoms with Crippen LogP contribution in [0.15, 0.2) is 59.7 Å². The molecular formula is C21H26N4O3. The van der Waals surface area contributed by atoms with Crippen LogP contribution in [-0.4, -0.2) is 45.0 Å². The number of hydrogen-bond donors (Lipinski definition) is 2. The molecule has 1 atom stereocenters. The predicted molar refractivity (Wildman–Crippen MR) is 111 cm³/mol. The number of amides is 2. The maximum atomic E-state index is 12.5. The van der Waals surface area contributed by atoms with Gasteiger partial charge in [-0.15, -0.1) is 0 Å². The summed E-state index contributed by atoms with van der Waals surface area (Å²) < 4.78 is 4.89. The van der Waals surface area contributed by atoms with E-state index in [9.17, 15) is 9.59 Å². The lowest BCUT2D eigenvalue weighted by atomic mass is 10.1. The number of alkyl carbamates (subject to hydrolysis) is 1. The third-order valence-corrected chi connectivity index (χ3v) is 3.96. The zero-order valence-corrected chi connectivity index (χ0v) is 16.4. The highest BCUT2D eigenvalue weighted by Gasteiger charge is 2.21. The Kier molecular flexibility index (Phi) is 8.02. The fraction of sp³-hybridized carbons (Fsp3) is 0.286. The maximum Gasteiger partial charge on any atom is 0.407 e. The molecule has 2 N–H and O–H groups in total. The Morgan fingerprint density at radius 3 is 2.39 bits per heavy atom. The molecule has 0 aromatic heterocycles. The smallest absolute Gasteiger partial charge is 0.407 e. The minimum Gasteiger partial charge on any atom is -0.450 e. The fourth-order valence-electron chi connectivity index (χ4n) is 2.48. The number of carbonyl (C=O) groups is 2. The number of rotatable bonds is 8. The van der Waals surface area contributed by atoms with E-state index in [1.807, 2.05) is 73.6 Å². The van der Waals surface area contributed by atoms with Crippen molar-refractivity contribution >= 4 is 23.9 Å². The van der Waals surface area contributed by atoms with Gasteiger partial charge in [0.25, 0.3) is 5.91 Å². The molecular weight excluding hydrogens is 356 g/mol. The van der Waals surface area contributed by atoms with Crippen LogP contribution < -0.4 is 15.6 Å². The minimum absolute atomic E-state index is 0.229. The van der Waals surface area contributed by atoms with Gasteiger partial charge in [0.15, 0.2) is 0 Å². The van der Waals surface area contributed by atoms with Crippen molar-refractivity contribution in [1.29, 1.82) is 0 Å². The standard InChI is InChI=1S/C21H26N4O3/c1-4-28-21(27)23-19(14-16-8-6-5-7-9-16)20(26)24-22-15-17-10-12-18(13-11-17)25(2)3/h5-13,15,19H,4,14H2,1-3H3,(H,23,27)(H,24,26)/b22-15-/t19-/m0/s1. The zero-order valence-electron chi connectivity index (χ0n) is 16.4. The first-order valence-electron chi connectivity index (χ1n) is 9.07. The average molecular weight is 382 g/mol. The molecule has 2 aromatic rings. The molecule has 0 fully saturated rings. The number of carbonyl (C=O) groups excluding carboxylic acids is 2. The highest BCUT2D eigenvalue weighted by Crippen LogP contribution is 2.11. The lowest BCUT2D eigenvalue weighted by Crippen LogP contribution is -2.47. The first-order chi connectivity index (χ1) is 13.5. The van der Waals surface area contributed by atoms with Crippen molar-refractivity contribution in [2.24, 2.45) is 5.10 Å². The van der Waals surface area contributed by atoms with Crippen molar-refractivity contribution in [1.82, 2.24) is 10.7 Å². The molecule has 0 bridgehead atoms. The van der Waals surface area contributed by atoms with Gasteiger partial charge in [-0.3, -0.25) is 4.79 Å². The summed E-state index contributed by atoms with van der Waals surface area (Å²) in [7, 11) is 3.93. The second-order valence-electron chi connectivity index (χ2n) is 6.33. The molecule has 2 aromatic carbocycles. The van der Waals surface area contributed by atoms with E-state index < -0.39 is 18.0 Å². The summed E-state index contributed by atoms with van der Waals surface area (Å²) in [4.78, 5) is 26.3. The maximum absolute atomic E-state index is 12.5. The van der Waals surface area contributed by atoms with Crippen molar-refractivity contribution in [2.45, 2.75) is 19.4 Å². The Bertz CT molecular complexity index is 789. The SMILES string of the molecule is CCOC(=O)N[C@@H](Cc1ccccc1)C(=O)N/N=C\c1ccc(N(C)C)cc1. The van der Waals surface area contributed by atoms with Crippen LogP contribution >= 0.6 is 0 Å². The Balaban J connectivity index is 2.00. The van der Waals surface area contributed by atoms with Gasteiger partial charge in [0.05, 0.1) is 12.8 Å². The van der Waals surface area contributed by atoms with Gasteiger partial charge >= 0.3 is 6.09 Å². The van der Waals surface area contributed by atoms with Gasteiger partial charge < -0.3 is 15.0 Å². The van der Waals surface area contributed by atoms with E-state index in [2.05, 4.69) is 15.8 Å². The molecule has 7 nitrogen and oxygen atoms in total. The lowest BCUT2D eigenvalue weighted by molar-refractivity contribution is -0.123. The van der Waals surface area contributed by atoms with Crippen LogP contribution in [0.5, 0.6) is 0 Å². The molecule has 2 rings (SSSR count). The van der Waals surface area contributed by atoms with Crippen LogP contribution in [0.4, 0.5) is 10.5 Å². The lowest BCUT2D eigenvalue weighted by Gasteiger charge is -2.16. The van der Waals surface area contributed by atoms with Crippen molar-refractivity contribution in [2.75, 3.05) is 25.6 Å². The number of nitrogens with zero attached hydrogens (tertiary/aromatic N) is 2. The first kappa shape index (κ1) is 21.0. The Hall–Kier alpha value is -3.35. The molecule has 0 radical (unpaired) electrons. The Morgan fingerprint density at radius 1 is 1.11 bits per heavy atom. The van der Waals surface area contributed by atoms with Gasteiger partial charge in [0.2, 0.25) is 0 Å². The van der Waals surface area contributed by atoms with Crippen LogP contribution in [0, 0.1) is 0 Å². The number of anilines is 1. The average Bonchev–Trinajstić information content (AvgIpc) is 2.69. The van der Waals surface area contributed by atoms with E-state index >= 15 is 0 Å². The van der Waals surface area contributed by atoms with Gasteiger partial charge in [-0.05, 0) is 30.2 Å². The van der Waals surface area contributed by atoms with Crippen LogP contribution in [0.25, 0.3) is 0 Å². The van der Waals surface area contributed by atoms with E-state index in [1.54, 1.807) is 13.1 Å². The summed E-state index contributed by atoms with van der Waals surface area (Å²) in [5.74, 6) is -0.418. The highest BCUT2D eigenvalue weighted by molar-refractivity contribution is 5.87. The molecule has 0 spiro atoms. The van der Waals surface area contributed by atoms with Gasteiger partial charge in [-0.2, -0.15) is 5.10 Å². The van der Waals surface area contributed by atoms with Gasteiger partial charge in [0.1, 0.15) is 6.04 Å². The summed E-state index contributed by atoms with van der Waals surface area (Å²) in [5.41, 5.74) is 5.33. The van der Waals surface area contributed by atoms with Crippen molar-refractivity contribution in [3.63, 3.8) is 0 Å². The molecule has 2 amide bonds. The molecule has 0 heterocycles. The second kappa shape index (κ2) is 10.7. The molecule has 7 heteroatoms. The van der Waals surface area contributed by atoms with Gasteiger partial charge in [0, 0.05) is 26.2 Å². The number of ether oxygens (including phenoxy) is 1. The summed E-state index contributed by atoms with van der Waals surface area (Å²) in [5, 5.41) is 6.58. The number of nitrogens with one attached hydrogen (secondary N) is 2. The molecule has 0 aliphatic heterocycles. The summed E-state index contributed by atoms with van der Waals surface area (Å²) in [6.07, 6.45) is 1.25. The monoisotopic (exact) mass is 382 g/mol. The molecule has 0 unspecified atom stereocenters. The quantitative estimate of drug-likeness (QED) is 0.543. The largest absolute Gasteiger partial charge is 0.450 e. The van der Waals surface area contributed by atoms with E-state index in [0.717, 1.165) is 16.8 Å². The zero-order chi connectivity index (χ0) is 20.4. The fourth-order valence-corrected chi connectivity index (χ4v) is 2.48. The topological polar surface area (TPSA) is 83.0 Å². The molecule has 148 valence electrons. The first-order valence-corrected chi connectivity index (χ1v) is 9.07. The number of hydrogen-bond acceptors (Lipinski definition) is 5. The van der Waals surface area contributed by atoms with Crippen LogP contribution in [0.3, 0.4) is 0 Å². The van der Waals surface area contributed by atoms with E-state index in [-0.39, 0.29) is 6.61 Å². The van der Waals surface area contributed by atoms with Gasteiger partial charge in [-0.25, -0.2) is 10.2 Å². The number of hydrazone groups is 1. The summed E-state index contributed by atoms with van der Waals surface area (Å²) >= 11 is 0. The van der Waals surface area contributed by atoms with Crippen molar-refractivity contribution < 1.29 is 14.3 Å². The third-order valence-electron chi connectivity index (χ3n) is 3.96. The van der Waals surface area contributed by atoms with E-state index in [4.69, 9.17) is 4.74 Å². The Morgan fingerprint density at radius 2 is 1.79 bits per heavy atom. The van der Waals surface area contributed by atoms with Crippen LogP contribution in [0.1, 0.15) is 18.1 Å². The summed E-state index contributed by atoms with van der Waals surface area (Å²) in [6, 6.07) is 16.4. The van der Waals surface area contributed by atoms with Crippen LogP contribution in [0.2, 0.25) is 0 Å². The molecule has 0 aliphatic rings.